The highest BCUT2D eigenvalue weighted by molar-refractivity contribution is 5.43. The monoisotopic (exact) mass is 250 g/mol. The molecule has 1 saturated heterocycles. The van der Waals surface area contributed by atoms with Crippen molar-refractivity contribution >= 4 is 0 Å². The first-order valence-corrected chi connectivity index (χ1v) is 6.49. The molecule has 1 unspecified atom stereocenters. The first-order valence-electron chi connectivity index (χ1n) is 6.49. The van der Waals surface area contributed by atoms with Gasteiger partial charge in [0.05, 0.1) is 6.10 Å². The number of β-amino-alcohol motifs (C(OH)–C–C–N with tert-alkyl or cyclic N) is 1. The first kappa shape index (κ1) is 13.3. The number of nitrogens with one attached hydrogen (secondary N) is 1. The van der Waals surface area contributed by atoms with Crippen molar-refractivity contribution in [2.24, 2.45) is 0 Å². The van der Waals surface area contributed by atoms with Crippen LogP contribution in [-0.2, 0) is 0 Å². The molecule has 4 nitrogen and oxygen atoms in total. The number of benzene rings is 1. The van der Waals surface area contributed by atoms with Crippen LogP contribution in [-0.4, -0.2) is 47.8 Å². The van der Waals surface area contributed by atoms with Gasteiger partial charge >= 0.3 is 0 Å². The van der Waals surface area contributed by atoms with E-state index in [4.69, 9.17) is 0 Å². The van der Waals surface area contributed by atoms with Crippen LogP contribution < -0.4 is 5.32 Å². The van der Waals surface area contributed by atoms with Crippen molar-refractivity contribution in [3.63, 3.8) is 0 Å². The molecule has 1 atom stereocenters. The number of aliphatic hydroxyl groups excluding tert-OH is 1. The van der Waals surface area contributed by atoms with E-state index in [1.165, 1.54) is 0 Å². The molecule has 4 heteroatoms. The van der Waals surface area contributed by atoms with Gasteiger partial charge < -0.3 is 15.5 Å². The quantitative estimate of drug-likeness (QED) is 0.747. The molecule has 0 aromatic heterocycles. The van der Waals surface area contributed by atoms with E-state index in [1.54, 1.807) is 0 Å². The van der Waals surface area contributed by atoms with Gasteiger partial charge in [-0.1, -0.05) is 11.6 Å². The van der Waals surface area contributed by atoms with Crippen molar-refractivity contribution < 1.29 is 10.2 Å². The Morgan fingerprint density at radius 2 is 1.94 bits per heavy atom. The third-order valence-electron chi connectivity index (χ3n) is 3.47. The highest BCUT2D eigenvalue weighted by atomic mass is 16.3. The molecule has 1 aliphatic rings. The highest BCUT2D eigenvalue weighted by Gasteiger charge is 2.19. The lowest BCUT2D eigenvalue weighted by Crippen LogP contribution is -2.44. The number of phenolic OH excluding ortho intramolecular Hbond substituents is 1. The summed E-state index contributed by atoms with van der Waals surface area (Å²) in [4.78, 5) is 2.22. The number of nitrogens with zero attached hydrogens (tertiary/aromatic N) is 1. The molecule has 18 heavy (non-hydrogen) atoms. The second-order valence-electron chi connectivity index (χ2n) is 5.09. The Kier molecular flexibility index (Phi) is 4.22. The lowest BCUT2D eigenvalue weighted by atomic mass is 10.0. The Hall–Kier alpha value is -1.10. The molecule has 0 radical (unpaired) electrons. The summed E-state index contributed by atoms with van der Waals surface area (Å²) in [5.41, 5.74) is 2.54. The van der Waals surface area contributed by atoms with Crippen LogP contribution in [0.5, 0.6) is 5.75 Å². The molecule has 0 saturated carbocycles. The zero-order valence-corrected chi connectivity index (χ0v) is 11.1. The second kappa shape index (κ2) is 5.69. The molecule has 0 spiro atoms. The summed E-state index contributed by atoms with van der Waals surface area (Å²) in [6.45, 7) is 8.25. The predicted octanol–water partition coefficient (Wildman–Crippen LogP) is 0.948. The smallest absolute Gasteiger partial charge is 0.124 e. The van der Waals surface area contributed by atoms with Crippen LogP contribution >= 0.6 is 0 Å². The van der Waals surface area contributed by atoms with Crippen molar-refractivity contribution in [2.45, 2.75) is 20.0 Å². The maximum Gasteiger partial charge on any atom is 0.124 e. The molecule has 1 aromatic carbocycles. The van der Waals surface area contributed by atoms with Crippen molar-refractivity contribution in [3.8, 4) is 5.75 Å². The molecule has 3 N–H and O–H groups in total. The molecule has 2 rings (SSSR count). The number of aryl methyl sites for hydroxylation is 2. The maximum atomic E-state index is 10.3. The summed E-state index contributed by atoms with van der Waals surface area (Å²) in [7, 11) is 0. The van der Waals surface area contributed by atoms with Gasteiger partial charge in [-0.3, -0.25) is 4.90 Å². The van der Waals surface area contributed by atoms with Crippen molar-refractivity contribution in [1.82, 2.24) is 10.2 Å². The van der Waals surface area contributed by atoms with Gasteiger partial charge in [0.25, 0.3) is 0 Å². The van der Waals surface area contributed by atoms with E-state index in [0.717, 1.165) is 37.3 Å². The van der Waals surface area contributed by atoms with Gasteiger partial charge in [0.1, 0.15) is 5.75 Å². The van der Waals surface area contributed by atoms with E-state index in [-0.39, 0.29) is 5.75 Å². The summed E-state index contributed by atoms with van der Waals surface area (Å²) >= 11 is 0. The Labute approximate surface area is 108 Å². The molecule has 0 aliphatic carbocycles. The number of rotatable bonds is 3. The second-order valence-corrected chi connectivity index (χ2v) is 5.09. The molecule has 0 bridgehead atoms. The number of piperazine rings is 1. The Morgan fingerprint density at radius 3 is 2.61 bits per heavy atom. The fourth-order valence-electron chi connectivity index (χ4n) is 2.48. The summed E-state index contributed by atoms with van der Waals surface area (Å²) < 4.78 is 0. The van der Waals surface area contributed by atoms with Gasteiger partial charge in [-0.15, -0.1) is 0 Å². The van der Waals surface area contributed by atoms with Crippen LogP contribution in [0.25, 0.3) is 0 Å². The average molecular weight is 250 g/mol. The summed E-state index contributed by atoms with van der Waals surface area (Å²) in [5.74, 6) is 0.225. The topological polar surface area (TPSA) is 55.7 Å². The third kappa shape index (κ3) is 3.02. The van der Waals surface area contributed by atoms with Gasteiger partial charge in [0.15, 0.2) is 0 Å². The number of aliphatic hydroxyl groups is 1. The average Bonchev–Trinajstić information content (AvgIpc) is 2.35. The number of hydrogen-bond donors (Lipinski definition) is 3. The molecule has 1 aromatic rings. The zero-order chi connectivity index (χ0) is 13.1. The third-order valence-corrected chi connectivity index (χ3v) is 3.47. The number of aromatic hydroxyl groups is 1. The van der Waals surface area contributed by atoms with E-state index >= 15 is 0 Å². The van der Waals surface area contributed by atoms with Gasteiger partial charge in [-0.05, 0) is 25.5 Å². The van der Waals surface area contributed by atoms with Crippen LogP contribution in [0.15, 0.2) is 12.1 Å². The van der Waals surface area contributed by atoms with Gasteiger partial charge in [0.2, 0.25) is 0 Å². The van der Waals surface area contributed by atoms with Crippen LogP contribution in [0.3, 0.4) is 0 Å². The molecular weight excluding hydrogens is 228 g/mol. The van der Waals surface area contributed by atoms with Crippen molar-refractivity contribution in [3.05, 3.63) is 28.8 Å². The predicted molar refractivity (Wildman–Crippen MR) is 71.9 cm³/mol. The molecular formula is C14H22N2O2. The van der Waals surface area contributed by atoms with Gasteiger partial charge in [-0.2, -0.15) is 0 Å². The summed E-state index contributed by atoms with van der Waals surface area (Å²) in [6, 6.07) is 3.80. The molecule has 1 heterocycles. The largest absolute Gasteiger partial charge is 0.507 e. The standard InChI is InChI=1S/C14H22N2O2/c1-10-7-11(2)14(18)12(8-10)13(17)9-16-5-3-15-4-6-16/h7-8,13,15,17-18H,3-6,9H2,1-2H3. The normalized spacial score (nSPS) is 18.8. The van der Waals surface area contributed by atoms with E-state index in [9.17, 15) is 10.2 Å². The lowest BCUT2D eigenvalue weighted by molar-refractivity contribution is 0.103. The van der Waals surface area contributed by atoms with Gasteiger partial charge in [-0.25, -0.2) is 0 Å². The minimum atomic E-state index is -0.623. The molecule has 1 fully saturated rings. The Morgan fingerprint density at radius 1 is 1.28 bits per heavy atom. The summed E-state index contributed by atoms with van der Waals surface area (Å²) in [6.07, 6.45) is -0.623. The molecule has 100 valence electrons. The maximum absolute atomic E-state index is 10.3. The minimum Gasteiger partial charge on any atom is -0.507 e. The van der Waals surface area contributed by atoms with E-state index in [0.29, 0.717) is 12.1 Å². The lowest BCUT2D eigenvalue weighted by Gasteiger charge is -2.29. The SMILES string of the molecule is Cc1cc(C)c(O)c(C(O)CN2CCNCC2)c1. The van der Waals surface area contributed by atoms with Crippen LogP contribution in [0, 0.1) is 13.8 Å². The van der Waals surface area contributed by atoms with Crippen molar-refractivity contribution in [2.75, 3.05) is 32.7 Å². The fourth-order valence-corrected chi connectivity index (χ4v) is 2.48. The summed E-state index contributed by atoms with van der Waals surface area (Å²) in [5, 5.41) is 23.6. The minimum absolute atomic E-state index is 0.225. The molecule has 0 amide bonds. The molecule has 1 aliphatic heterocycles. The van der Waals surface area contributed by atoms with E-state index in [2.05, 4.69) is 10.2 Å². The van der Waals surface area contributed by atoms with E-state index < -0.39 is 6.10 Å². The van der Waals surface area contributed by atoms with Crippen LogP contribution in [0.1, 0.15) is 22.8 Å². The number of hydrogen-bond acceptors (Lipinski definition) is 4. The van der Waals surface area contributed by atoms with Crippen LogP contribution in [0.2, 0.25) is 0 Å². The number of phenols is 1. The zero-order valence-electron chi connectivity index (χ0n) is 11.1. The Balaban J connectivity index is 2.10. The van der Waals surface area contributed by atoms with Crippen molar-refractivity contribution in [1.29, 1.82) is 0 Å². The first-order chi connectivity index (χ1) is 8.58. The highest BCUT2D eigenvalue weighted by Crippen LogP contribution is 2.29. The Bertz CT molecular complexity index is 415. The van der Waals surface area contributed by atoms with Gasteiger partial charge in [0, 0.05) is 38.3 Å². The van der Waals surface area contributed by atoms with Crippen LogP contribution in [0.4, 0.5) is 0 Å². The van der Waals surface area contributed by atoms with E-state index in [1.807, 2.05) is 26.0 Å². The fraction of sp³-hybridized carbons (Fsp3) is 0.571.